The summed E-state index contributed by atoms with van der Waals surface area (Å²) in [5, 5.41) is 10.9. The van der Waals surface area contributed by atoms with Crippen molar-refractivity contribution in [3.63, 3.8) is 0 Å². The van der Waals surface area contributed by atoms with Crippen molar-refractivity contribution in [3.8, 4) is 0 Å². The van der Waals surface area contributed by atoms with Crippen molar-refractivity contribution < 1.29 is 14.5 Å². The number of carbonyl (C=O) groups is 1. The van der Waals surface area contributed by atoms with Crippen molar-refractivity contribution >= 4 is 17.5 Å². The SMILES string of the molecule is COC(=O)[C@H]1CCCN1c1ncccc1[N+](=O)[O-]. The highest BCUT2D eigenvalue weighted by Gasteiger charge is 2.35. The molecule has 1 aromatic rings. The molecule has 0 unspecified atom stereocenters. The summed E-state index contributed by atoms with van der Waals surface area (Å²) in [6, 6.07) is 2.41. The summed E-state index contributed by atoms with van der Waals surface area (Å²) in [6.45, 7) is 0.567. The van der Waals surface area contributed by atoms with Gasteiger partial charge in [0.2, 0.25) is 5.82 Å². The van der Waals surface area contributed by atoms with E-state index in [9.17, 15) is 14.9 Å². The molecule has 1 saturated heterocycles. The van der Waals surface area contributed by atoms with Crippen LogP contribution in [0.2, 0.25) is 0 Å². The van der Waals surface area contributed by atoms with Crippen molar-refractivity contribution in [2.24, 2.45) is 0 Å². The topological polar surface area (TPSA) is 85.6 Å². The molecule has 0 radical (unpaired) electrons. The van der Waals surface area contributed by atoms with Crippen LogP contribution in [0.25, 0.3) is 0 Å². The van der Waals surface area contributed by atoms with Crippen molar-refractivity contribution in [1.29, 1.82) is 0 Å². The van der Waals surface area contributed by atoms with E-state index in [0.717, 1.165) is 6.42 Å². The predicted molar refractivity (Wildman–Crippen MR) is 63.3 cm³/mol. The Morgan fingerprint density at radius 2 is 2.44 bits per heavy atom. The third-order valence-electron chi connectivity index (χ3n) is 2.96. The van der Waals surface area contributed by atoms with Gasteiger partial charge >= 0.3 is 11.7 Å². The number of nitro groups is 1. The molecule has 1 fully saturated rings. The number of hydrogen-bond acceptors (Lipinski definition) is 6. The van der Waals surface area contributed by atoms with Crippen molar-refractivity contribution in [2.75, 3.05) is 18.6 Å². The number of aromatic nitrogens is 1. The van der Waals surface area contributed by atoms with Crippen LogP contribution in [0, 0.1) is 10.1 Å². The van der Waals surface area contributed by atoms with E-state index >= 15 is 0 Å². The minimum atomic E-state index is -0.491. The molecule has 0 aliphatic carbocycles. The van der Waals surface area contributed by atoms with Gasteiger partial charge in [-0.25, -0.2) is 9.78 Å². The molecule has 0 spiro atoms. The standard InChI is InChI=1S/C11H13N3O4/c1-18-11(15)9-5-3-7-13(9)10-8(14(16)17)4-2-6-12-10/h2,4,6,9H,3,5,7H2,1H3/t9-/m1/s1. The molecule has 2 rings (SSSR count). The Bertz CT molecular complexity index is 477. The van der Waals surface area contributed by atoms with Crippen molar-refractivity contribution in [2.45, 2.75) is 18.9 Å². The van der Waals surface area contributed by atoms with Crippen molar-refractivity contribution in [3.05, 3.63) is 28.4 Å². The zero-order valence-electron chi connectivity index (χ0n) is 9.91. The van der Waals surface area contributed by atoms with Gasteiger partial charge in [-0.2, -0.15) is 0 Å². The van der Waals surface area contributed by atoms with E-state index in [1.807, 2.05) is 0 Å². The second kappa shape index (κ2) is 4.99. The number of methoxy groups -OCH3 is 1. The van der Waals surface area contributed by atoms with Gasteiger partial charge in [-0.1, -0.05) is 0 Å². The fraction of sp³-hybridized carbons (Fsp3) is 0.455. The lowest BCUT2D eigenvalue weighted by Gasteiger charge is -2.22. The van der Waals surface area contributed by atoms with Gasteiger partial charge in [0.15, 0.2) is 0 Å². The summed E-state index contributed by atoms with van der Waals surface area (Å²) < 4.78 is 4.71. The third kappa shape index (κ3) is 2.11. The second-order valence-electron chi connectivity index (χ2n) is 3.98. The molecule has 0 aromatic carbocycles. The number of ether oxygens (including phenoxy) is 1. The van der Waals surface area contributed by atoms with Crippen LogP contribution in [0.3, 0.4) is 0 Å². The Labute approximate surface area is 104 Å². The van der Waals surface area contributed by atoms with Crippen LogP contribution in [0.4, 0.5) is 11.5 Å². The van der Waals surface area contributed by atoms with E-state index in [1.54, 1.807) is 4.90 Å². The molecule has 0 amide bonds. The Morgan fingerprint density at radius 1 is 1.67 bits per heavy atom. The zero-order valence-corrected chi connectivity index (χ0v) is 9.91. The fourth-order valence-electron chi connectivity index (χ4n) is 2.15. The Balaban J connectivity index is 2.36. The lowest BCUT2D eigenvalue weighted by atomic mass is 10.2. The lowest BCUT2D eigenvalue weighted by molar-refractivity contribution is -0.384. The summed E-state index contributed by atoms with van der Waals surface area (Å²) >= 11 is 0. The zero-order chi connectivity index (χ0) is 13.1. The van der Waals surface area contributed by atoms with E-state index in [2.05, 4.69) is 4.98 Å². The van der Waals surface area contributed by atoms with Gasteiger partial charge in [0.25, 0.3) is 0 Å². The van der Waals surface area contributed by atoms with Crippen LogP contribution in [-0.2, 0) is 9.53 Å². The lowest BCUT2D eigenvalue weighted by Crippen LogP contribution is -2.37. The number of nitrogens with zero attached hydrogens (tertiary/aromatic N) is 3. The maximum atomic E-state index is 11.6. The average Bonchev–Trinajstić information content (AvgIpc) is 2.86. The van der Waals surface area contributed by atoms with Gasteiger partial charge in [-0.05, 0) is 18.9 Å². The minimum absolute atomic E-state index is 0.0895. The van der Waals surface area contributed by atoms with Crippen LogP contribution < -0.4 is 4.90 Å². The molecule has 7 nitrogen and oxygen atoms in total. The quantitative estimate of drug-likeness (QED) is 0.455. The number of hydrogen-bond donors (Lipinski definition) is 0. The first-order valence-corrected chi connectivity index (χ1v) is 5.59. The maximum Gasteiger partial charge on any atom is 0.328 e. The normalized spacial score (nSPS) is 18.7. The molecule has 18 heavy (non-hydrogen) atoms. The third-order valence-corrected chi connectivity index (χ3v) is 2.96. The van der Waals surface area contributed by atoms with Crippen LogP contribution >= 0.6 is 0 Å². The molecule has 1 atom stereocenters. The highest BCUT2D eigenvalue weighted by atomic mass is 16.6. The molecule has 2 heterocycles. The van der Waals surface area contributed by atoms with E-state index in [-0.39, 0.29) is 17.5 Å². The molecular formula is C11H13N3O4. The number of pyridine rings is 1. The summed E-state index contributed by atoms with van der Waals surface area (Å²) in [5.74, 6) is -0.150. The molecular weight excluding hydrogens is 238 g/mol. The van der Waals surface area contributed by atoms with E-state index in [0.29, 0.717) is 13.0 Å². The smallest absolute Gasteiger partial charge is 0.328 e. The highest BCUT2D eigenvalue weighted by molar-refractivity contribution is 5.81. The predicted octanol–water partition coefficient (Wildman–Crippen LogP) is 1.13. The Kier molecular flexibility index (Phi) is 3.40. The summed E-state index contributed by atoms with van der Waals surface area (Å²) in [4.78, 5) is 27.7. The van der Waals surface area contributed by atoms with Gasteiger partial charge in [-0.3, -0.25) is 10.1 Å². The van der Waals surface area contributed by atoms with E-state index in [1.165, 1.54) is 25.4 Å². The average molecular weight is 251 g/mol. The number of carbonyl (C=O) groups excluding carboxylic acids is 1. The summed E-state index contributed by atoms with van der Waals surface area (Å²) in [7, 11) is 1.31. The first-order chi connectivity index (χ1) is 8.65. The van der Waals surface area contributed by atoms with Crippen LogP contribution in [0.5, 0.6) is 0 Å². The molecule has 7 heteroatoms. The first-order valence-electron chi connectivity index (χ1n) is 5.59. The molecule has 0 bridgehead atoms. The maximum absolute atomic E-state index is 11.6. The Morgan fingerprint density at radius 3 is 3.11 bits per heavy atom. The fourth-order valence-corrected chi connectivity index (χ4v) is 2.15. The van der Waals surface area contributed by atoms with Crippen LogP contribution in [-0.4, -0.2) is 35.6 Å². The highest BCUT2D eigenvalue weighted by Crippen LogP contribution is 2.31. The summed E-state index contributed by atoms with van der Waals surface area (Å²) in [5.41, 5.74) is -0.0895. The molecule has 0 N–H and O–H groups in total. The van der Waals surface area contributed by atoms with Gasteiger partial charge in [-0.15, -0.1) is 0 Å². The number of anilines is 1. The number of rotatable bonds is 3. The van der Waals surface area contributed by atoms with Gasteiger partial charge in [0.05, 0.1) is 12.0 Å². The first kappa shape index (κ1) is 12.3. The Hall–Kier alpha value is -2.18. The second-order valence-corrected chi connectivity index (χ2v) is 3.98. The number of esters is 1. The largest absolute Gasteiger partial charge is 0.467 e. The monoisotopic (exact) mass is 251 g/mol. The molecule has 1 aliphatic rings. The molecule has 1 aliphatic heterocycles. The molecule has 0 saturated carbocycles. The minimum Gasteiger partial charge on any atom is -0.467 e. The summed E-state index contributed by atoms with van der Waals surface area (Å²) in [6.07, 6.45) is 2.89. The van der Waals surface area contributed by atoms with Gasteiger partial charge in [0.1, 0.15) is 6.04 Å². The van der Waals surface area contributed by atoms with Crippen LogP contribution in [0.15, 0.2) is 18.3 Å². The van der Waals surface area contributed by atoms with E-state index in [4.69, 9.17) is 4.74 Å². The van der Waals surface area contributed by atoms with E-state index < -0.39 is 11.0 Å². The van der Waals surface area contributed by atoms with Crippen LogP contribution in [0.1, 0.15) is 12.8 Å². The molecule has 96 valence electrons. The molecule has 1 aromatic heterocycles. The van der Waals surface area contributed by atoms with Crippen molar-refractivity contribution in [1.82, 2.24) is 4.98 Å². The van der Waals surface area contributed by atoms with Gasteiger partial charge in [0, 0.05) is 18.8 Å². The van der Waals surface area contributed by atoms with Gasteiger partial charge < -0.3 is 9.64 Å².